The molecule has 6 nitrogen and oxygen atoms in total. The topological polar surface area (TPSA) is 78.5 Å². The van der Waals surface area contributed by atoms with Gasteiger partial charge in [0.15, 0.2) is 0 Å². The molecule has 1 saturated carbocycles. The average molecular weight is 351 g/mol. The Hall–Kier alpha value is -1.59. The van der Waals surface area contributed by atoms with Gasteiger partial charge in [-0.1, -0.05) is 52.9 Å². The van der Waals surface area contributed by atoms with E-state index in [0.29, 0.717) is 18.9 Å². The van der Waals surface area contributed by atoms with Gasteiger partial charge in [-0.05, 0) is 31.1 Å². The summed E-state index contributed by atoms with van der Waals surface area (Å²) in [5.74, 6) is 0.0952. The summed E-state index contributed by atoms with van der Waals surface area (Å²) in [4.78, 5) is 38.5. The van der Waals surface area contributed by atoms with Crippen molar-refractivity contribution >= 4 is 17.8 Å². The fraction of sp³-hybridized carbons (Fsp3) is 0.842. The second kappa shape index (κ2) is 8.68. The van der Waals surface area contributed by atoms with Crippen molar-refractivity contribution in [3.8, 4) is 0 Å². The van der Waals surface area contributed by atoms with Crippen LogP contribution >= 0.6 is 0 Å². The first-order valence-corrected chi connectivity index (χ1v) is 9.85. The summed E-state index contributed by atoms with van der Waals surface area (Å²) >= 11 is 0. The standard InChI is InChI=1S/C19H33N3O3/c1-4-6-10-15(5-2)12-20-16(23)13-22-17(24)19(21-18(22)25)11-8-7-9-14(19)3/h14-15H,4-13H2,1-3H3,(H,20,23)(H,21,25)/t14-,15-,19-/m0/s1. The van der Waals surface area contributed by atoms with E-state index in [1.807, 2.05) is 6.92 Å². The van der Waals surface area contributed by atoms with E-state index in [9.17, 15) is 14.4 Å². The number of amides is 4. The minimum Gasteiger partial charge on any atom is -0.354 e. The smallest absolute Gasteiger partial charge is 0.325 e. The minimum absolute atomic E-state index is 0.115. The van der Waals surface area contributed by atoms with Crippen LogP contribution in [0.5, 0.6) is 0 Å². The number of nitrogens with one attached hydrogen (secondary N) is 2. The fourth-order valence-corrected chi connectivity index (χ4v) is 4.04. The van der Waals surface area contributed by atoms with Crippen LogP contribution in [0.4, 0.5) is 4.79 Å². The zero-order valence-electron chi connectivity index (χ0n) is 15.9. The molecule has 0 aromatic rings. The Bertz CT molecular complexity index is 508. The van der Waals surface area contributed by atoms with E-state index in [2.05, 4.69) is 24.5 Å². The third kappa shape index (κ3) is 4.33. The molecule has 0 bridgehead atoms. The molecule has 1 heterocycles. The Morgan fingerprint density at radius 3 is 2.76 bits per heavy atom. The van der Waals surface area contributed by atoms with Gasteiger partial charge in [0, 0.05) is 6.54 Å². The Morgan fingerprint density at radius 2 is 2.12 bits per heavy atom. The molecule has 1 aliphatic heterocycles. The van der Waals surface area contributed by atoms with Gasteiger partial charge in [0.2, 0.25) is 5.91 Å². The molecule has 0 unspecified atom stereocenters. The highest BCUT2D eigenvalue weighted by Gasteiger charge is 2.55. The lowest BCUT2D eigenvalue weighted by Gasteiger charge is -2.36. The molecule has 0 aromatic heterocycles. The molecule has 1 aliphatic carbocycles. The summed E-state index contributed by atoms with van der Waals surface area (Å²) in [6.07, 6.45) is 8.04. The molecule has 0 aromatic carbocycles. The molecule has 4 amide bonds. The maximum Gasteiger partial charge on any atom is 0.325 e. The molecule has 142 valence electrons. The molecule has 2 fully saturated rings. The van der Waals surface area contributed by atoms with E-state index < -0.39 is 11.6 Å². The largest absolute Gasteiger partial charge is 0.354 e. The zero-order valence-corrected chi connectivity index (χ0v) is 15.9. The first-order valence-electron chi connectivity index (χ1n) is 9.85. The van der Waals surface area contributed by atoms with Crippen LogP contribution in [-0.4, -0.2) is 41.4 Å². The predicted octanol–water partition coefficient (Wildman–Crippen LogP) is 2.82. The molecule has 2 aliphatic rings. The molecule has 25 heavy (non-hydrogen) atoms. The number of urea groups is 1. The lowest BCUT2D eigenvalue weighted by Crippen LogP contribution is -2.54. The van der Waals surface area contributed by atoms with E-state index in [0.717, 1.165) is 49.8 Å². The highest BCUT2D eigenvalue weighted by Crippen LogP contribution is 2.38. The fourth-order valence-electron chi connectivity index (χ4n) is 4.04. The molecular formula is C19H33N3O3. The number of carbonyl (C=O) groups is 3. The monoisotopic (exact) mass is 351 g/mol. The van der Waals surface area contributed by atoms with Gasteiger partial charge in [-0.2, -0.15) is 0 Å². The molecule has 1 saturated heterocycles. The molecule has 1 spiro atoms. The molecule has 3 atom stereocenters. The average Bonchev–Trinajstić information content (AvgIpc) is 2.83. The first-order chi connectivity index (χ1) is 11.9. The van der Waals surface area contributed by atoms with Gasteiger partial charge in [0.05, 0.1) is 0 Å². The van der Waals surface area contributed by atoms with Crippen molar-refractivity contribution in [1.82, 2.24) is 15.5 Å². The van der Waals surface area contributed by atoms with E-state index in [4.69, 9.17) is 0 Å². The van der Waals surface area contributed by atoms with E-state index in [1.54, 1.807) is 0 Å². The van der Waals surface area contributed by atoms with Crippen LogP contribution in [0, 0.1) is 11.8 Å². The van der Waals surface area contributed by atoms with Crippen molar-refractivity contribution in [2.75, 3.05) is 13.1 Å². The van der Waals surface area contributed by atoms with Gasteiger partial charge >= 0.3 is 6.03 Å². The van der Waals surface area contributed by atoms with Crippen molar-refractivity contribution in [3.63, 3.8) is 0 Å². The number of rotatable bonds is 8. The van der Waals surface area contributed by atoms with Crippen molar-refractivity contribution in [3.05, 3.63) is 0 Å². The molecule has 0 radical (unpaired) electrons. The van der Waals surface area contributed by atoms with Crippen LogP contribution in [0.3, 0.4) is 0 Å². The van der Waals surface area contributed by atoms with Gasteiger partial charge in [-0.3, -0.25) is 14.5 Å². The van der Waals surface area contributed by atoms with E-state index >= 15 is 0 Å². The van der Waals surface area contributed by atoms with Gasteiger partial charge in [-0.15, -0.1) is 0 Å². The lowest BCUT2D eigenvalue weighted by atomic mass is 9.73. The highest BCUT2D eigenvalue weighted by atomic mass is 16.2. The second-order valence-electron chi connectivity index (χ2n) is 7.66. The number of imide groups is 1. The summed E-state index contributed by atoms with van der Waals surface area (Å²) < 4.78 is 0. The summed E-state index contributed by atoms with van der Waals surface area (Å²) in [5, 5.41) is 5.79. The second-order valence-corrected chi connectivity index (χ2v) is 7.66. The summed E-state index contributed by atoms with van der Waals surface area (Å²) in [6, 6.07) is -0.424. The Labute approximate surface area is 151 Å². The third-order valence-electron chi connectivity index (χ3n) is 5.93. The van der Waals surface area contributed by atoms with Crippen LogP contribution in [0.25, 0.3) is 0 Å². The Kier molecular flexibility index (Phi) is 6.85. The van der Waals surface area contributed by atoms with Gasteiger partial charge < -0.3 is 10.6 Å². The minimum atomic E-state index is -0.789. The number of unbranched alkanes of at least 4 members (excludes halogenated alkanes) is 1. The van der Waals surface area contributed by atoms with Gasteiger partial charge in [0.25, 0.3) is 5.91 Å². The van der Waals surface area contributed by atoms with Crippen LogP contribution in [-0.2, 0) is 9.59 Å². The maximum absolute atomic E-state index is 12.8. The molecule has 6 heteroatoms. The summed E-state index contributed by atoms with van der Waals surface area (Å²) in [7, 11) is 0. The van der Waals surface area contributed by atoms with Crippen LogP contribution in [0.15, 0.2) is 0 Å². The van der Waals surface area contributed by atoms with E-state index in [1.165, 1.54) is 0 Å². The van der Waals surface area contributed by atoms with E-state index in [-0.39, 0.29) is 24.3 Å². The lowest BCUT2D eigenvalue weighted by molar-refractivity contribution is -0.137. The van der Waals surface area contributed by atoms with Crippen LogP contribution < -0.4 is 10.6 Å². The zero-order chi connectivity index (χ0) is 18.4. The van der Waals surface area contributed by atoms with Crippen molar-refractivity contribution in [1.29, 1.82) is 0 Å². The van der Waals surface area contributed by atoms with Crippen LogP contribution in [0.2, 0.25) is 0 Å². The SMILES string of the molecule is CCCC[C@H](CC)CNC(=O)CN1C(=O)N[C@]2(CCCC[C@@H]2C)C1=O. The van der Waals surface area contributed by atoms with Gasteiger partial charge in [-0.25, -0.2) is 4.79 Å². The number of hydrogen-bond acceptors (Lipinski definition) is 3. The van der Waals surface area contributed by atoms with Crippen molar-refractivity contribution in [2.45, 2.75) is 77.7 Å². The van der Waals surface area contributed by atoms with Crippen molar-refractivity contribution in [2.24, 2.45) is 11.8 Å². The molecule has 2 rings (SSSR count). The quantitative estimate of drug-likeness (QED) is 0.660. The highest BCUT2D eigenvalue weighted by molar-refractivity contribution is 6.09. The predicted molar refractivity (Wildman–Crippen MR) is 96.9 cm³/mol. The van der Waals surface area contributed by atoms with Crippen molar-refractivity contribution < 1.29 is 14.4 Å². The Morgan fingerprint density at radius 1 is 1.36 bits per heavy atom. The third-order valence-corrected chi connectivity index (χ3v) is 5.93. The Balaban J connectivity index is 1.90. The van der Waals surface area contributed by atoms with Crippen LogP contribution in [0.1, 0.15) is 72.1 Å². The molecular weight excluding hydrogens is 318 g/mol. The van der Waals surface area contributed by atoms with Gasteiger partial charge in [0.1, 0.15) is 12.1 Å². The summed E-state index contributed by atoms with van der Waals surface area (Å²) in [5.41, 5.74) is -0.789. The number of carbonyl (C=O) groups excluding carboxylic acids is 3. The maximum atomic E-state index is 12.8. The number of hydrogen-bond donors (Lipinski definition) is 2. The summed E-state index contributed by atoms with van der Waals surface area (Å²) in [6.45, 7) is 6.73. The number of nitrogens with zero attached hydrogens (tertiary/aromatic N) is 1. The first kappa shape index (κ1) is 19.7. The molecule has 2 N–H and O–H groups in total. The normalized spacial score (nSPS) is 27.5.